The number of ether oxygens (including phenoxy) is 1. The standard InChI is InChI=1S/C20H34N4O/c1-5-10-24-11-9-17(15-24)13-22-20(21-6-2)23-14-18-8-7-16(3)12-19(18)25-4/h7-8,12,17H,5-6,9-11,13-15H2,1-4H3,(H2,21,22,23). The average molecular weight is 347 g/mol. The maximum absolute atomic E-state index is 5.48. The van der Waals surface area contributed by atoms with E-state index in [-0.39, 0.29) is 0 Å². The lowest BCUT2D eigenvalue weighted by Gasteiger charge is -2.17. The zero-order valence-corrected chi connectivity index (χ0v) is 16.3. The average Bonchev–Trinajstić information content (AvgIpc) is 3.06. The lowest BCUT2D eigenvalue weighted by Crippen LogP contribution is -2.40. The molecule has 0 aliphatic carbocycles. The van der Waals surface area contributed by atoms with Crippen molar-refractivity contribution in [3.8, 4) is 5.75 Å². The van der Waals surface area contributed by atoms with Crippen LogP contribution in [0.15, 0.2) is 23.2 Å². The Morgan fingerprint density at radius 2 is 2.16 bits per heavy atom. The van der Waals surface area contributed by atoms with Crippen molar-refractivity contribution in [2.45, 2.75) is 40.2 Å². The number of hydrogen-bond acceptors (Lipinski definition) is 3. The van der Waals surface area contributed by atoms with Crippen LogP contribution in [0.3, 0.4) is 0 Å². The Balaban J connectivity index is 1.90. The topological polar surface area (TPSA) is 48.9 Å². The highest BCUT2D eigenvalue weighted by Gasteiger charge is 2.21. The van der Waals surface area contributed by atoms with Gasteiger partial charge in [0.25, 0.3) is 0 Å². The van der Waals surface area contributed by atoms with E-state index in [1.54, 1.807) is 7.11 Å². The molecule has 2 N–H and O–H groups in total. The minimum absolute atomic E-state index is 0.616. The van der Waals surface area contributed by atoms with Crippen LogP contribution in [0.1, 0.15) is 37.8 Å². The predicted molar refractivity (Wildman–Crippen MR) is 105 cm³/mol. The number of hydrogen-bond donors (Lipinski definition) is 2. The smallest absolute Gasteiger partial charge is 0.191 e. The van der Waals surface area contributed by atoms with Crippen LogP contribution < -0.4 is 15.4 Å². The van der Waals surface area contributed by atoms with Gasteiger partial charge in [-0.3, -0.25) is 0 Å². The number of aryl methyl sites for hydroxylation is 1. The van der Waals surface area contributed by atoms with Crippen LogP contribution in [-0.2, 0) is 6.54 Å². The summed E-state index contributed by atoms with van der Waals surface area (Å²) in [6.45, 7) is 12.5. The number of likely N-dealkylation sites (tertiary alicyclic amines) is 1. The number of aliphatic imine (C=N–C) groups is 1. The second-order valence-corrected chi connectivity index (χ2v) is 6.85. The van der Waals surface area contributed by atoms with Gasteiger partial charge in [0.1, 0.15) is 5.75 Å². The summed E-state index contributed by atoms with van der Waals surface area (Å²) < 4.78 is 5.48. The third kappa shape index (κ3) is 6.24. The maximum atomic E-state index is 5.48. The Morgan fingerprint density at radius 1 is 1.32 bits per heavy atom. The van der Waals surface area contributed by atoms with E-state index in [9.17, 15) is 0 Å². The van der Waals surface area contributed by atoms with Gasteiger partial charge in [-0.1, -0.05) is 19.1 Å². The van der Waals surface area contributed by atoms with Crippen molar-refractivity contribution in [3.05, 3.63) is 29.3 Å². The first-order chi connectivity index (χ1) is 12.2. The van der Waals surface area contributed by atoms with Crippen molar-refractivity contribution in [3.63, 3.8) is 0 Å². The maximum Gasteiger partial charge on any atom is 0.191 e. The first-order valence-electron chi connectivity index (χ1n) is 9.54. The number of nitrogens with one attached hydrogen (secondary N) is 2. The highest BCUT2D eigenvalue weighted by molar-refractivity contribution is 5.79. The van der Waals surface area contributed by atoms with E-state index in [1.165, 1.54) is 38.0 Å². The summed E-state index contributed by atoms with van der Waals surface area (Å²) in [5.41, 5.74) is 2.31. The van der Waals surface area contributed by atoms with Crippen molar-refractivity contribution in [1.29, 1.82) is 0 Å². The lowest BCUT2D eigenvalue weighted by molar-refractivity contribution is 0.324. The van der Waals surface area contributed by atoms with Crippen molar-refractivity contribution >= 4 is 5.96 Å². The summed E-state index contributed by atoms with van der Waals surface area (Å²) in [6, 6.07) is 6.27. The van der Waals surface area contributed by atoms with Crippen LogP contribution >= 0.6 is 0 Å². The van der Waals surface area contributed by atoms with Gasteiger partial charge in [0.05, 0.1) is 13.7 Å². The minimum Gasteiger partial charge on any atom is -0.496 e. The number of guanidine groups is 1. The van der Waals surface area contributed by atoms with E-state index in [4.69, 9.17) is 9.73 Å². The Kier molecular flexibility index (Phi) is 8.06. The molecule has 1 heterocycles. The van der Waals surface area contributed by atoms with Gasteiger partial charge in [0, 0.05) is 25.2 Å². The van der Waals surface area contributed by atoms with Gasteiger partial charge < -0.3 is 20.3 Å². The molecule has 1 atom stereocenters. The molecule has 1 aromatic carbocycles. The molecule has 140 valence electrons. The van der Waals surface area contributed by atoms with Gasteiger partial charge in [-0.25, -0.2) is 4.99 Å². The normalized spacial score (nSPS) is 18.4. The molecule has 5 nitrogen and oxygen atoms in total. The molecule has 0 aromatic heterocycles. The van der Waals surface area contributed by atoms with Crippen LogP contribution in [0.5, 0.6) is 5.75 Å². The van der Waals surface area contributed by atoms with Crippen LogP contribution in [0, 0.1) is 12.8 Å². The molecule has 2 rings (SSSR count). The molecule has 1 saturated heterocycles. The van der Waals surface area contributed by atoms with E-state index >= 15 is 0 Å². The highest BCUT2D eigenvalue weighted by atomic mass is 16.5. The fourth-order valence-corrected chi connectivity index (χ4v) is 3.33. The molecule has 1 aliphatic rings. The van der Waals surface area contributed by atoms with Crippen LogP contribution in [0.25, 0.3) is 0 Å². The third-order valence-corrected chi connectivity index (χ3v) is 4.66. The summed E-state index contributed by atoms with van der Waals surface area (Å²) in [6.07, 6.45) is 2.51. The molecule has 0 radical (unpaired) electrons. The van der Waals surface area contributed by atoms with Gasteiger partial charge in [-0.05, 0) is 57.3 Å². The Hall–Kier alpha value is -1.75. The number of methoxy groups -OCH3 is 1. The molecule has 1 aromatic rings. The molecule has 0 amide bonds. The molecule has 0 spiro atoms. The lowest BCUT2D eigenvalue weighted by atomic mass is 10.1. The van der Waals surface area contributed by atoms with Crippen molar-refractivity contribution in [1.82, 2.24) is 15.5 Å². The van der Waals surface area contributed by atoms with E-state index in [0.29, 0.717) is 12.5 Å². The number of benzene rings is 1. The predicted octanol–water partition coefficient (Wildman–Crippen LogP) is 2.79. The first kappa shape index (κ1) is 19.6. The van der Waals surface area contributed by atoms with Crippen LogP contribution in [-0.4, -0.2) is 50.7 Å². The second-order valence-electron chi connectivity index (χ2n) is 6.85. The molecule has 1 fully saturated rings. The fraction of sp³-hybridized carbons (Fsp3) is 0.650. The van der Waals surface area contributed by atoms with Crippen LogP contribution in [0.4, 0.5) is 0 Å². The van der Waals surface area contributed by atoms with Crippen LogP contribution in [0.2, 0.25) is 0 Å². The van der Waals surface area contributed by atoms with Gasteiger partial charge in [0.2, 0.25) is 0 Å². The fourth-order valence-electron chi connectivity index (χ4n) is 3.33. The van der Waals surface area contributed by atoms with Crippen molar-refractivity contribution in [2.24, 2.45) is 10.9 Å². The Bertz CT molecular complexity index is 559. The Morgan fingerprint density at radius 3 is 2.88 bits per heavy atom. The first-order valence-corrected chi connectivity index (χ1v) is 9.54. The molecule has 25 heavy (non-hydrogen) atoms. The molecule has 0 bridgehead atoms. The summed E-state index contributed by atoms with van der Waals surface area (Å²) >= 11 is 0. The molecule has 0 saturated carbocycles. The second kappa shape index (κ2) is 10.3. The quantitative estimate of drug-likeness (QED) is 0.561. The SMILES string of the molecule is CCCN1CCC(CNC(=NCc2ccc(C)cc2OC)NCC)C1. The molecular formula is C20H34N4O. The van der Waals surface area contributed by atoms with E-state index in [1.807, 2.05) is 0 Å². The van der Waals surface area contributed by atoms with Crippen molar-refractivity contribution in [2.75, 3.05) is 39.8 Å². The number of nitrogens with zero attached hydrogens (tertiary/aromatic N) is 2. The summed E-state index contributed by atoms with van der Waals surface area (Å²) in [4.78, 5) is 7.30. The molecular weight excluding hydrogens is 312 g/mol. The molecule has 1 unspecified atom stereocenters. The summed E-state index contributed by atoms with van der Waals surface area (Å²) in [5, 5.41) is 6.86. The zero-order chi connectivity index (χ0) is 18.1. The van der Waals surface area contributed by atoms with Gasteiger partial charge in [-0.15, -0.1) is 0 Å². The van der Waals surface area contributed by atoms with Gasteiger partial charge in [0.15, 0.2) is 5.96 Å². The summed E-state index contributed by atoms with van der Waals surface area (Å²) in [5.74, 6) is 2.51. The highest BCUT2D eigenvalue weighted by Crippen LogP contribution is 2.20. The zero-order valence-electron chi connectivity index (χ0n) is 16.3. The third-order valence-electron chi connectivity index (χ3n) is 4.66. The minimum atomic E-state index is 0.616. The van der Waals surface area contributed by atoms with E-state index < -0.39 is 0 Å². The van der Waals surface area contributed by atoms with Gasteiger partial charge >= 0.3 is 0 Å². The Labute approximate surface area is 152 Å². The van der Waals surface area contributed by atoms with E-state index in [2.05, 4.69) is 54.5 Å². The monoisotopic (exact) mass is 346 g/mol. The summed E-state index contributed by atoms with van der Waals surface area (Å²) in [7, 11) is 1.72. The van der Waals surface area contributed by atoms with Gasteiger partial charge in [-0.2, -0.15) is 0 Å². The van der Waals surface area contributed by atoms with Crippen molar-refractivity contribution < 1.29 is 4.74 Å². The number of rotatable bonds is 8. The molecule has 5 heteroatoms. The van der Waals surface area contributed by atoms with E-state index in [0.717, 1.165) is 30.4 Å². The largest absolute Gasteiger partial charge is 0.496 e. The molecule has 1 aliphatic heterocycles.